The number of nitro groups is 1. The van der Waals surface area contributed by atoms with Crippen LogP contribution in [0.15, 0.2) is 0 Å². The summed E-state index contributed by atoms with van der Waals surface area (Å²) in [6.45, 7) is 2.70. The summed E-state index contributed by atoms with van der Waals surface area (Å²) in [6.07, 6.45) is 0.365. The van der Waals surface area contributed by atoms with E-state index >= 15 is 0 Å². The fourth-order valence-electron chi connectivity index (χ4n) is 2.30. The molecule has 3 atom stereocenters. The van der Waals surface area contributed by atoms with Crippen LogP contribution in [0.1, 0.15) is 33.1 Å². The summed E-state index contributed by atoms with van der Waals surface area (Å²) in [5, 5.41) is 11.3. The van der Waals surface area contributed by atoms with Crippen molar-refractivity contribution in [1.82, 2.24) is 0 Å². The lowest BCUT2D eigenvalue weighted by molar-refractivity contribution is -0.595. The zero-order valence-electron chi connectivity index (χ0n) is 10.9. The average Bonchev–Trinajstić information content (AvgIpc) is 2.29. The molecule has 0 bridgehead atoms. The lowest BCUT2D eigenvalue weighted by atomic mass is 9.78. The average molecular weight is 261 g/mol. The predicted molar refractivity (Wildman–Crippen MR) is 61.6 cm³/mol. The third kappa shape index (κ3) is 2.97. The number of carbonyl (C=O) groups is 1. The van der Waals surface area contributed by atoms with Crippen molar-refractivity contribution in [2.45, 2.75) is 50.9 Å². The van der Waals surface area contributed by atoms with Crippen LogP contribution in [0.4, 0.5) is 0 Å². The number of rotatable bonds is 5. The molecule has 0 heterocycles. The van der Waals surface area contributed by atoms with Crippen molar-refractivity contribution in [3.05, 3.63) is 10.1 Å². The molecular weight excluding hydrogens is 242 g/mol. The maximum atomic E-state index is 11.3. The lowest BCUT2D eigenvalue weighted by Gasteiger charge is -2.38. The van der Waals surface area contributed by atoms with Gasteiger partial charge < -0.3 is 14.2 Å². The maximum absolute atomic E-state index is 11.3. The van der Waals surface area contributed by atoms with Crippen molar-refractivity contribution in [2.24, 2.45) is 0 Å². The van der Waals surface area contributed by atoms with E-state index in [9.17, 15) is 14.9 Å². The maximum Gasteiger partial charge on any atom is 0.303 e. The Morgan fingerprint density at radius 2 is 2.06 bits per heavy atom. The van der Waals surface area contributed by atoms with Crippen LogP contribution in [0.5, 0.6) is 0 Å². The second-order valence-electron chi connectivity index (χ2n) is 4.57. The molecule has 0 radical (unpaired) electrons. The second-order valence-corrected chi connectivity index (χ2v) is 4.57. The van der Waals surface area contributed by atoms with Gasteiger partial charge in [0.1, 0.15) is 12.9 Å². The summed E-state index contributed by atoms with van der Waals surface area (Å²) in [4.78, 5) is 22.0. The quantitative estimate of drug-likeness (QED) is 0.319. The van der Waals surface area contributed by atoms with E-state index in [1.54, 1.807) is 0 Å². The molecule has 1 saturated carbocycles. The summed E-state index contributed by atoms with van der Waals surface area (Å²) < 4.78 is 15.2. The fraction of sp³-hybridized carbons (Fsp3) is 0.909. The van der Waals surface area contributed by atoms with E-state index < -0.39 is 28.6 Å². The summed E-state index contributed by atoms with van der Waals surface area (Å²) in [7, 11) is 1.45. The first-order valence-electron chi connectivity index (χ1n) is 5.85. The van der Waals surface area contributed by atoms with Crippen LogP contribution in [-0.4, -0.2) is 42.5 Å². The molecule has 1 aliphatic rings. The number of esters is 1. The third-order valence-electron chi connectivity index (χ3n) is 3.33. The molecule has 0 aliphatic heterocycles. The molecule has 3 unspecified atom stereocenters. The monoisotopic (exact) mass is 261 g/mol. The molecular formula is C11H19NO6. The Balaban J connectivity index is 2.90. The molecule has 0 spiro atoms. The van der Waals surface area contributed by atoms with Crippen LogP contribution in [0.25, 0.3) is 0 Å². The first-order chi connectivity index (χ1) is 8.42. The summed E-state index contributed by atoms with van der Waals surface area (Å²) in [6, 6.07) is 0. The molecule has 0 amide bonds. The van der Waals surface area contributed by atoms with Crippen LogP contribution < -0.4 is 0 Å². The van der Waals surface area contributed by atoms with Gasteiger partial charge in [-0.25, -0.2) is 0 Å². The molecule has 0 aromatic rings. The van der Waals surface area contributed by atoms with Crippen molar-refractivity contribution < 1.29 is 23.9 Å². The van der Waals surface area contributed by atoms with Crippen LogP contribution in [0.2, 0.25) is 0 Å². The van der Waals surface area contributed by atoms with Crippen LogP contribution >= 0.6 is 0 Å². The first kappa shape index (κ1) is 14.8. The van der Waals surface area contributed by atoms with E-state index in [-0.39, 0.29) is 6.79 Å². The Morgan fingerprint density at radius 1 is 1.44 bits per heavy atom. The molecule has 1 aliphatic carbocycles. The Bertz CT molecular complexity index is 321. The van der Waals surface area contributed by atoms with Crippen LogP contribution in [0.3, 0.4) is 0 Å². The number of nitrogens with zero attached hydrogens (tertiary/aromatic N) is 1. The van der Waals surface area contributed by atoms with Gasteiger partial charge in [-0.1, -0.05) is 0 Å². The van der Waals surface area contributed by atoms with Crippen molar-refractivity contribution in [3.8, 4) is 0 Å². The normalized spacial score (nSPS) is 31.9. The van der Waals surface area contributed by atoms with Gasteiger partial charge in [0.15, 0.2) is 6.10 Å². The van der Waals surface area contributed by atoms with Crippen molar-refractivity contribution in [1.29, 1.82) is 0 Å². The van der Waals surface area contributed by atoms with E-state index in [4.69, 9.17) is 14.2 Å². The topological polar surface area (TPSA) is 87.9 Å². The van der Waals surface area contributed by atoms with Crippen molar-refractivity contribution in [2.75, 3.05) is 13.9 Å². The van der Waals surface area contributed by atoms with Crippen LogP contribution in [0, 0.1) is 10.1 Å². The number of ether oxygens (including phenoxy) is 3. The Labute approximate surface area is 106 Å². The molecule has 1 rings (SSSR count). The van der Waals surface area contributed by atoms with Gasteiger partial charge in [0.2, 0.25) is 0 Å². The molecule has 18 heavy (non-hydrogen) atoms. The standard InChI is InChI=1S/C11H19NO6/c1-8(13)18-10-6-4-5-9(17-7-16-3)11(10,2)12(14)15/h9-10H,4-7H2,1-3H3. The van der Waals surface area contributed by atoms with E-state index in [1.165, 1.54) is 21.0 Å². The van der Waals surface area contributed by atoms with E-state index in [2.05, 4.69) is 0 Å². The van der Waals surface area contributed by atoms with Gasteiger partial charge in [-0.05, 0) is 19.3 Å². The van der Waals surface area contributed by atoms with Gasteiger partial charge in [0.25, 0.3) is 5.54 Å². The fourth-order valence-corrected chi connectivity index (χ4v) is 2.30. The van der Waals surface area contributed by atoms with Crippen molar-refractivity contribution >= 4 is 5.97 Å². The second kappa shape index (κ2) is 6.10. The minimum Gasteiger partial charge on any atom is -0.455 e. The number of methoxy groups -OCH3 is 1. The largest absolute Gasteiger partial charge is 0.455 e. The highest BCUT2D eigenvalue weighted by molar-refractivity contribution is 5.66. The lowest BCUT2D eigenvalue weighted by Crippen LogP contribution is -2.60. The smallest absolute Gasteiger partial charge is 0.303 e. The number of hydrogen-bond donors (Lipinski definition) is 0. The molecule has 0 N–H and O–H groups in total. The molecule has 0 aromatic heterocycles. The first-order valence-corrected chi connectivity index (χ1v) is 5.85. The Hall–Kier alpha value is -1.21. The van der Waals surface area contributed by atoms with Gasteiger partial charge in [-0.3, -0.25) is 14.9 Å². The van der Waals surface area contributed by atoms with Gasteiger partial charge in [0, 0.05) is 25.9 Å². The summed E-state index contributed by atoms with van der Waals surface area (Å²) in [5.41, 5.74) is -1.43. The Kier molecular flexibility index (Phi) is 5.03. The van der Waals surface area contributed by atoms with E-state index in [0.717, 1.165) is 6.42 Å². The van der Waals surface area contributed by atoms with Crippen LogP contribution in [-0.2, 0) is 19.0 Å². The summed E-state index contributed by atoms with van der Waals surface area (Å²) >= 11 is 0. The van der Waals surface area contributed by atoms with Crippen molar-refractivity contribution in [3.63, 3.8) is 0 Å². The molecule has 7 nitrogen and oxygen atoms in total. The van der Waals surface area contributed by atoms with Gasteiger partial charge in [-0.2, -0.15) is 0 Å². The molecule has 1 fully saturated rings. The summed E-state index contributed by atoms with van der Waals surface area (Å²) in [5.74, 6) is -0.513. The molecule has 0 aromatic carbocycles. The van der Waals surface area contributed by atoms with Gasteiger partial charge in [0.05, 0.1) is 0 Å². The SMILES string of the molecule is COCOC1CCCC(OC(C)=O)C1(C)[N+](=O)[O-]. The highest BCUT2D eigenvalue weighted by Gasteiger charge is 2.57. The number of hydrogen-bond acceptors (Lipinski definition) is 6. The molecule has 7 heteroatoms. The van der Waals surface area contributed by atoms with Gasteiger partial charge >= 0.3 is 5.97 Å². The van der Waals surface area contributed by atoms with E-state index in [0.29, 0.717) is 12.8 Å². The molecule has 0 saturated heterocycles. The number of carbonyl (C=O) groups excluding carboxylic acids is 1. The minimum atomic E-state index is -1.43. The predicted octanol–water partition coefficient (Wildman–Crippen LogP) is 1.13. The zero-order chi connectivity index (χ0) is 13.8. The minimum absolute atomic E-state index is 0.0130. The highest BCUT2D eigenvalue weighted by Crippen LogP contribution is 2.35. The zero-order valence-corrected chi connectivity index (χ0v) is 10.9. The molecule has 104 valence electrons. The Morgan fingerprint density at radius 3 is 2.56 bits per heavy atom. The third-order valence-corrected chi connectivity index (χ3v) is 3.33. The van der Waals surface area contributed by atoms with Gasteiger partial charge in [-0.15, -0.1) is 0 Å². The highest BCUT2D eigenvalue weighted by atomic mass is 16.7. The van der Waals surface area contributed by atoms with E-state index in [1.807, 2.05) is 0 Å².